The Morgan fingerprint density at radius 1 is 1.20 bits per heavy atom. The second-order valence-corrected chi connectivity index (χ2v) is 4.34. The summed E-state index contributed by atoms with van der Waals surface area (Å²) in [6.45, 7) is 4.52. The van der Waals surface area contributed by atoms with Gasteiger partial charge >= 0.3 is 0 Å². The SMILES string of the molecule is CCc1cc2c(c(NC)c1CC)CCC2. The number of benzene rings is 1. The molecule has 0 radical (unpaired) electrons. The Labute approximate surface area is 92.9 Å². The zero-order valence-electron chi connectivity index (χ0n) is 10.1. The molecule has 0 bridgehead atoms. The first-order chi connectivity index (χ1) is 7.31. The van der Waals surface area contributed by atoms with Crippen LogP contribution in [-0.4, -0.2) is 7.05 Å². The number of hydrogen-bond acceptors (Lipinski definition) is 1. The highest BCUT2D eigenvalue weighted by Gasteiger charge is 2.18. The van der Waals surface area contributed by atoms with E-state index in [4.69, 9.17) is 0 Å². The second-order valence-electron chi connectivity index (χ2n) is 4.34. The fourth-order valence-corrected chi connectivity index (χ4v) is 2.87. The molecule has 15 heavy (non-hydrogen) atoms. The molecule has 0 fully saturated rings. The lowest BCUT2D eigenvalue weighted by Gasteiger charge is -2.17. The third-order valence-corrected chi connectivity index (χ3v) is 3.58. The van der Waals surface area contributed by atoms with Gasteiger partial charge in [-0.1, -0.05) is 19.9 Å². The van der Waals surface area contributed by atoms with Gasteiger partial charge in [0, 0.05) is 12.7 Å². The van der Waals surface area contributed by atoms with E-state index in [1.54, 1.807) is 22.3 Å². The van der Waals surface area contributed by atoms with Gasteiger partial charge in [0.25, 0.3) is 0 Å². The highest BCUT2D eigenvalue weighted by molar-refractivity contribution is 5.64. The van der Waals surface area contributed by atoms with Gasteiger partial charge in [0.2, 0.25) is 0 Å². The van der Waals surface area contributed by atoms with Crippen LogP contribution in [0.2, 0.25) is 0 Å². The molecule has 1 aromatic rings. The average molecular weight is 203 g/mol. The first-order valence-electron chi connectivity index (χ1n) is 6.16. The van der Waals surface area contributed by atoms with E-state index < -0.39 is 0 Å². The summed E-state index contributed by atoms with van der Waals surface area (Å²) in [5.74, 6) is 0. The normalized spacial score (nSPS) is 14.1. The number of anilines is 1. The van der Waals surface area contributed by atoms with Crippen LogP contribution in [0.25, 0.3) is 0 Å². The van der Waals surface area contributed by atoms with Crippen LogP contribution in [0.4, 0.5) is 5.69 Å². The summed E-state index contributed by atoms with van der Waals surface area (Å²) in [7, 11) is 2.06. The van der Waals surface area contributed by atoms with Gasteiger partial charge in [0.15, 0.2) is 0 Å². The fraction of sp³-hybridized carbons (Fsp3) is 0.571. The largest absolute Gasteiger partial charge is 0.388 e. The Kier molecular flexibility index (Phi) is 2.99. The molecule has 1 aliphatic carbocycles. The van der Waals surface area contributed by atoms with Gasteiger partial charge in [0.05, 0.1) is 0 Å². The molecule has 0 saturated heterocycles. The minimum absolute atomic E-state index is 1.15. The monoisotopic (exact) mass is 203 g/mol. The molecule has 1 aromatic carbocycles. The van der Waals surface area contributed by atoms with Crippen LogP contribution in [0.3, 0.4) is 0 Å². The molecule has 1 heteroatoms. The second kappa shape index (κ2) is 4.26. The van der Waals surface area contributed by atoms with Gasteiger partial charge < -0.3 is 5.32 Å². The topological polar surface area (TPSA) is 12.0 Å². The van der Waals surface area contributed by atoms with Gasteiger partial charge in [-0.2, -0.15) is 0 Å². The molecule has 1 nitrogen and oxygen atoms in total. The maximum absolute atomic E-state index is 3.42. The van der Waals surface area contributed by atoms with Crippen molar-refractivity contribution in [3.05, 3.63) is 28.3 Å². The molecule has 0 saturated carbocycles. The van der Waals surface area contributed by atoms with Gasteiger partial charge in [-0.05, 0) is 54.4 Å². The van der Waals surface area contributed by atoms with Crippen LogP contribution >= 0.6 is 0 Å². The Morgan fingerprint density at radius 3 is 2.60 bits per heavy atom. The minimum atomic E-state index is 1.15. The molecule has 82 valence electrons. The van der Waals surface area contributed by atoms with Crippen LogP contribution in [0.5, 0.6) is 0 Å². The molecule has 0 aliphatic heterocycles. The lowest BCUT2D eigenvalue weighted by molar-refractivity contribution is 0.911. The quantitative estimate of drug-likeness (QED) is 0.794. The van der Waals surface area contributed by atoms with Crippen molar-refractivity contribution >= 4 is 5.69 Å². The first kappa shape index (κ1) is 10.5. The molecular weight excluding hydrogens is 182 g/mol. The van der Waals surface area contributed by atoms with E-state index in [2.05, 4.69) is 32.3 Å². The molecule has 0 atom stereocenters. The predicted octanol–water partition coefficient (Wildman–Crippen LogP) is 3.34. The van der Waals surface area contributed by atoms with Crippen LogP contribution in [0.1, 0.15) is 42.5 Å². The van der Waals surface area contributed by atoms with Crippen molar-refractivity contribution in [2.24, 2.45) is 0 Å². The Hall–Kier alpha value is -0.980. The number of aryl methyl sites for hydroxylation is 2. The summed E-state index contributed by atoms with van der Waals surface area (Å²) in [4.78, 5) is 0. The number of rotatable bonds is 3. The minimum Gasteiger partial charge on any atom is -0.388 e. The average Bonchev–Trinajstić information content (AvgIpc) is 2.73. The molecule has 1 N–H and O–H groups in total. The van der Waals surface area contributed by atoms with Crippen molar-refractivity contribution in [3.8, 4) is 0 Å². The van der Waals surface area contributed by atoms with Crippen LogP contribution in [0.15, 0.2) is 6.07 Å². The van der Waals surface area contributed by atoms with Crippen LogP contribution in [0, 0.1) is 0 Å². The Bertz CT molecular complexity index is 366. The van der Waals surface area contributed by atoms with Crippen molar-refractivity contribution in [3.63, 3.8) is 0 Å². The summed E-state index contributed by atoms with van der Waals surface area (Å²) < 4.78 is 0. The summed E-state index contributed by atoms with van der Waals surface area (Å²) in [6.07, 6.45) is 6.18. The fourth-order valence-electron chi connectivity index (χ4n) is 2.87. The van der Waals surface area contributed by atoms with Crippen molar-refractivity contribution in [2.75, 3.05) is 12.4 Å². The molecule has 0 spiro atoms. The molecule has 0 unspecified atom stereocenters. The number of hydrogen-bond donors (Lipinski definition) is 1. The van der Waals surface area contributed by atoms with Gasteiger partial charge in [-0.3, -0.25) is 0 Å². The van der Waals surface area contributed by atoms with Crippen molar-refractivity contribution < 1.29 is 0 Å². The summed E-state index contributed by atoms with van der Waals surface area (Å²) >= 11 is 0. The molecule has 0 amide bonds. The summed E-state index contributed by atoms with van der Waals surface area (Å²) in [5, 5.41) is 3.42. The lowest BCUT2D eigenvalue weighted by Crippen LogP contribution is -2.04. The maximum Gasteiger partial charge on any atom is 0.0408 e. The van der Waals surface area contributed by atoms with E-state index in [-0.39, 0.29) is 0 Å². The van der Waals surface area contributed by atoms with E-state index in [0.717, 1.165) is 12.8 Å². The predicted molar refractivity (Wildman–Crippen MR) is 66.8 cm³/mol. The highest BCUT2D eigenvalue weighted by Crippen LogP contribution is 2.34. The molecule has 2 rings (SSSR count). The van der Waals surface area contributed by atoms with E-state index in [9.17, 15) is 0 Å². The molecule has 0 heterocycles. The van der Waals surface area contributed by atoms with Crippen molar-refractivity contribution in [1.82, 2.24) is 0 Å². The van der Waals surface area contributed by atoms with Crippen molar-refractivity contribution in [1.29, 1.82) is 0 Å². The molecular formula is C14H21N. The molecule has 0 aromatic heterocycles. The smallest absolute Gasteiger partial charge is 0.0408 e. The maximum atomic E-state index is 3.42. The molecule has 1 aliphatic rings. The number of fused-ring (bicyclic) bond motifs is 1. The van der Waals surface area contributed by atoms with Crippen LogP contribution in [-0.2, 0) is 25.7 Å². The van der Waals surface area contributed by atoms with E-state index >= 15 is 0 Å². The van der Waals surface area contributed by atoms with Crippen LogP contribution < -0.4 is 5.32 Å². The summed E-state index contributed by atoms with van der Waals surface area (Å²) in [6, 6.07) is 2.45. The third kappa shape index (κ3) is 1.64. The van der Waals surface area contributed by atoms with Gasteiger partial charge in [-0.15, -0.1) is 0 Å². The summed E-state index contributed by atoms with van der Waals surface area (Å²) in [5.41, 5.74) is 7.70. The van der Waals surface area contributed by atoms with E-state index in [0.29, 0.717) is 0 Å². The standard InChI is InChI=1S/C14H21N/c1-4-10-9-11-7-6-8-13(11)14(15-3)12(10)5-2/h9,15H,4-8H2,1-3H3. The zero-order chi connectivity index (χ0) is 10.8. The first-order valence-corrected chi connectivity index (χ1v) is 6.16. The number of nitrogens with one attached hydrogen (secondary N) is 1. The Balaban J connectivity index is 2.61. The van der Waals surface area contributed by atoms with Crippen molar-refractivity contribution in [2.45, 2.75) is 46.0 Å². The third-order valence-electron chi connectivity index (χ3n) is 3.58. The Morgan fingerprint density at radius 2 is 2.00 bits per heavy atom. The highest BCUT2D eigenvalue weighted by atomic mass is 14.8. The van der Waals surface area contributed by atoms with E-state index in [1.165, 1.54) is 24.9 Å². The van der Waals surface area contributed by atoms with Gasteiger partial charge in [0.1, 0.15) is 0 Å². The van der Waals surface area contributed by atoms with Gasteiger partial charge in [-0.25, -0.2) is 0 Å². The lowest BCUT2D eigenvalue weighted by atomic mass is 9.94. The van der Waals surface area contributed by atoms with E-state index in [1.807, 2.05) is 0 Å². The zero-order valence-corrected chi connectivity index (χ0v) is 10.1.